The molecule has 3 heterocycles. The summed E-state index contributed by atoms with van der Waals surface area (Å²) in [7, 11) is -15.0. The molecule has 9 N–H and O–H groups in total. The number of aromatic nitrogens is 4. The minimum atomic E-state index is -5.61. The van der Waals surface area contributed by atoms with Crippen molar-refractivity contribution in [1.82, 2.24) is 24.2 Å². The average molecular weight is 549 g/mol. The number of hydrogen-bond donors (Lipinski definition) is 7. The average Bonchev–Trinajstić information content (AvgIpc) is 3.26. The van der Waals surface area contributed by atoms with Crippen LogP contribution in [-0.4, -0.2) is 87.7 Å². The quantitative estimate of drug-likeness (QED) is 0.127. The zero-order chi connectivity index (χ0) is 25.5. The molecule has 7 atom stereocenters. The van der Waals surface area contributed by atoms with Crippen molar-refractivity contribution in [3.05, 3.63) is 12.7 Å². The Morgan fingerprint density at radius 3 is 2.44 bits per heavy atom. The third-order valence-corrected chi connectivity index (χ3v) is 9.34. The molecule has 0 spiro atoms. The predicted molar refractivity (Wildman–Crippen MR) is 110 cm³/mol. The molecule has 22 heteroatoms. The van der Waals surface area contributed by atoms with Crippen LogP contribution in [0, 0.1) is 0 Å². The van der Waals surface area contributed by atoms with Crippen molar-refractivity contribution >= 4 is 40.4 Å². The summed E-state index contributed by atoms with van der Waals surface area (Å²) in [5.74, 6) is 0.0516. The summed E-state index contributed by atoms with van der Waals surface area (Å²) in [6.07, 6.45) is -3.60. The van der Waals surface area contributed by atoms with Crippen molar-refractivity contribution in [2.75, 3.05) is 26.1 Å². The monoisotopic (exact) mass is 549 g/mol. The Morgan fingerprint density at radius 1 is 1.12 bits per heavy atom. The number of aliphatic hydroxyl groups excluding tert-OH is 2. The van der Waals surface area contributed by atoms with Crippen LogP contribution in [0.4, 0.5) is 5.82 Å². The third kappa shape index (κ3) is 5.87. The maximum absolute atomic E-state index is 12.1. The van der Waals surface area contributed by atoms with Gasteiger partial charge in [-0.25, -0.2) is 28.6 Å². The zero-order valence-corrected chi connectivity index (χ0v) is 19.9. The van der Waals surface area contributed by atoms with E-state index in [-0.39, 0.29) is 17.0 Å². The predicted octanol–water partition coefficient (Wildman–Crippen LogP) is -1.77. The number of rotatable bonds is 10. The fourth-order valence-electron chi connectivity index (χ4n) is 2.79. The van der Waals surface area contributed by atoms with Crippen LogP contribution in [0.2, 0.25) is 0 Å². The molecule has 0 saturated carbocycles. The molecule has 2 aromatic heterocycles. The number of nitrogens with zero attached hydrogens (tertiary/aromatic N) is 5. The lowest BCUT2D eigenvalue weighted by atomic mass is 10.1. The fraction of sp³-hybridized carbons (Fsp3) is 0.583. The smallest absolute Gasteiger partial charge is 0.387 e. The maximum atomic E-state index is 12.1. The number of phosphoric ester groups is 1. The normalized spacial score (nSPS) is 28.6. The summed E-state index contributed by atoms with van der Waals surface area (Å²) in [6.45, 7) is -1.49. The van der Waals surface area contributed by atoms with Crippen LogP contribution in [0.25, 0.3) is 11.2 Å². The summed E-state index contributed by atoms with van der Waals surface area (Å²) in [4.78, 5) is 40.6. The molecule has 2 aromatic rings. The van der Waals surface area contributed by atoms with Gasteiger partial charge in [0.05, 0.1) is 19.6 Å². The SMILES string of the molecule is CN(CN)P(=O)(O)OP(=O)(O)OP(=O)(O)OCC1OC(n2cnc3c(N)ncnc32)C(O)C1O. The van der Waals surface area contributed by atoms with Gasteiger partial charge in [0, 0.05) is 0 Å². The first-order valence-corrected chi connectivity index (χ1v) is 13.6. The molecule has 1 aliphatic heterocycles. The van der Waals surface area contributed by atoms with Gasteiger partial charge in [0.25, 0.3) is 0 Å². The van der Waals surface area contributed by atoms with Crippen LogP contribution in [0.5, 0.6) is 0 Å². The molecule has 0 radical (unpaired) electrons. The van der Waals surface area contributed by atoms with E-state index in [2.05, 4.69) is 28.1 Å². The van der Waals surface area contributed by atoms with Gasteiger partial charge in [0.15, 0.2) is 17.7 Å². The van der Waals surface area contributed by atoms with E-state index >= 15 is 0 Å². The standard InChI is InChI=1S/C12H22N7O12P3/c1-18(3-13)32(22,23)30-34(26,27)31-33(24,25)28-2-6-8(20)9(21)12(29-6)19-5-17-7-10(14)15-4-16-11(7)19/h4-6,8-9,12,20-21H,2-3,13H2,1H3,(H,22,23)(H,24,25)(H,26,27)(H2,14,15,16). The maximum Gasteiger partial charge on any atom is 0.489 e. The number of hydrogen-bond acceptors (Lipinski definition) is 14. The Balaban J connectivity index is 1.66. The number of anilines is 1. The number of nitrogens with two attached hydrogens (primary N) is 2. The first-order chi connectivity index (χ1) is 15.7. The molecule has 19 nitrogen and oxygen atoms in total. The van der Waals surface area contributed by atoms with Crippen molar-refractivity contribution in [1.29, 1.82) is 0 Å². The van der Waals surface area contributed by atoms with Crippen molar-refractivity contribution in [3.8, 4) is 0 Å². The van der Waals surface area contributed by atoms with E-state index < -0.39 is 61.2 Å². The van der Waals surface area contributed by atoms with Crippen molar-refractivity contribution in [2.45, 2.75) is 24.5 Å². The van der Waals surface area contributed by atoms with Gasteiger partial charge < -0.3 is 41.1 Å². The van der Waals surface area contributed by atoms with Gasteiger partial charge in [-0.15, -0.1) is 0 Å². The van der Waals surface area contributed by atoms with Crippen LogP contribution in [0.15, 0.2) is 12.7 Å². The van der Waals surface area contributed by atoms with Crippen LogP contribution in [0.1, 0.15) is 6.23 Å². The van der Waals surface area contributed by atoms with E-state index in [1.54, 1.807) is 0 Å². The van der Waals surface area contributed by atoms with Crippen molar-refractivity contribution in [3.63, 3.8) is 0 Å². The van der Waals surface area contributed by atoms with E-state index in [0.717, 1.165) is 13.4 Å². The highest BCUT2D eigenvalue weighted by atomic mass is 31.3. The highest BCUT2D eigenvalue weighted by molar-refractivity contribution is 7.67. The third-order valence-electron chi connectivity index (χ3n) is 4.51. The molecule has 3 rings (SSSR count). The van der Waals surface area contributed by atoms with Gasteiger partial charge in [-0.2, -0.15) is 13.3 Å². The molecule has 1 fully saturated rings. The van der Waals surface area contributed by atoms with Gasteiger partial charge in [-0.1, -0.05) is 0 Å². The highest BCUT2D eigenvalue weighted by Crippen LogP contribution is 2.68. The number of imidazole rings is 1. The second-order valence-corrected chi connectivity index (χ2v) is 12.0. The molecular formula is C12H22N7O12P3. The molecular weight excluding hydrogens is 527 g/mol. The molecule has 0 bridgehead atoms. The topological polar surface area (TPSA) is 288 Å². The molecule has 34 heavy (non-hydrogen) atoms. The molecule has 0 amide bonds. The Labute approximate surface area is 190 Å². The first-order valence-electron chi connectivity index (χ1n) is 9.09. The lowest BCUT2D eigenvalue weighted by Gasteiger charge is -2.23. The second-order valence-electron chi connectivity index (χ2n) is 6.86. The van der Waals surface area contributed by atoms with Gasteiger partial charge in [0.1, 0.15) is 30.2 Å². The Kier molecular flexibility index (Phi) is 7.94. The van der Waals surface area contributed by atoms with E-state index in [1.807, 2.05) is 0 Å². The van der Waals surface area contributed by atoms with Gasteiger partial charge >= 0.3 is 23.4 Å². The van der Waals surface area contributed by atoms with Gasteiger partial charge in [0.2, 0.25) is 0 Å². The van der Waals surface area contributed by atoms with E-state index in [4.69, 9.17) is 16.2 Å². The van der Waals surface area contributed by atoms with Crippen LogP contribution in [-0.2, 0) is 31.6 Å². The summed E-state index contributed by atoms with van der Waals surface area (Å²) < 4.78 is 55.5. The van der Waals surface area contributed by atoms with E-state index in [1.165, 1.54) is 10.9 Å². The van der Waals surface area contributed by atoms with Crippen LogP contribution < -0.4 is 11.5 Å². The number of nitrogen functional groups attached to an aromatic ring is 1. The number of ether oxygens (including phenoxy) is 1. The first kappa shape index (κ1) is 27.2. The second kappa shape index (κ2) is 9.93. The Hall–Kier alpha value is -1.40. The highest BCUT2D eigenvalue weighted by Gasteiger charge is 2.47. The summed E-state index contributed by atoms with van der Waals surface area (Å²) in [5, 5.41) is 20.6. The Morgan fingerprint density at radius 2 is 1.79 bits per heavy atom. The lowest BCUT2D eigenvalue weighted by Crippen LogP contribution is -2.33. The molecule has 0 aliphatic carbocycles. The molecule has 192 valence electrons. The lowest BCUT2D eigenvalue weighted by molar-refractivity contribution is -0.0503. The fourth-order valence-corrected chi connectivity index (χ4v) is 6.52. The van der Waals surface area contributed by atoms with Crippen LogP contribution in [0.3, 0.4) is 0 Å². The van der Waals surface area contributed by atoms with Gasteiger partial charge in [-0.05, 0) is 7.05 Å². The minimum Gasteiger partial charge on any atom is -0.387 e. The van der Waals surface area contributed by atoms with E-state index in [0.29, 0.717) is 4.67 Å². The number of phosphoric acid groups is 2. The van der Waals surface area contributed by atoms with Crippen molar-refractivity contribution in [2.24, 2.45) is 5.73 Å². The molecule has 0 aromatic carbocycles. The zero-order valence-electron chi connectivity index (χ0n) is 17.2. The number of fused-ring (bicyclic) bond motifs is 1. The molecule has 1 saturated heterocycles. The van der Waals surface area contributed by atoms with Gasteiger partial charge in [-0.3, -0.25) is 9.09 Å². The summed E-state index contributed by atoms with van der Waals surface area (Å²) in [5.41, 5.74) is 11.2. The number of aliphatic hydroxyl groups is 2. The molecule has 1 aliphatic rings. The summed E-state index contributed by atoms with van der Waals surface area (Å²) in [6, 6.07) is 0. The Bertz CT molecular complexity index is 1180. The van der Waals surface area contributed by atoms with E-state index in [9.17, 15) is 38.6 Å². The summed E-state index contributed by atoms with van der Waals surface area (Å²) >= 11 is 0. The minimum absolute atomic E-state index is 0.0516. The largest absolute Gasteiger partial charge is 0.489 e. The molecule has 7 unspecified atom stereocenters. The van der Waals surface area contributed by atoms with Crippen LogP contribution >= 0.6 is 23.4 Å². The van der Waals surface area contributed by atoms with Crippen molar-refractivity contribution < 1.29 is 56.5 Å².